The van der Waals surface area contributed by atoms with Crippen LogP contribution in [0.1, 0.15) is 0 Å². The van der Waals surface area contributed by atoms with Crippen LogP contribution in [0.4, 0.5) is 11.4 Å². The maximum Gasteiger partial charge on any atom is 0.286 e. The fourth-order valence-corrected chi connectivity index (χ4v) is 1.57. The number of anilines is 1. The van der Waals surface area contributed by atoms with E-state index in [1.54, 1.807) is 6.07 Å². The zero-order valence-electron chi connectivity index (χ0n) is 5.75. The van der Waals surface area contributed by atoms with Crippen LogP contribution in [0.3, 0.4) is 0 Å². The summed E-state index contributed by atoms with van der Waals surface area (Å²) in [4.78, 5) is 9.93. The van der Waals surface area contributed by atoms with Crippen molar-refractivity contribution in [2.24, 2.45) is 0 Å². The lowest BCUT2D eigenvalue weighted by atomic mass is 10.3. The number of nitrogens with zero attached hydrogens (tertiary/aromatic N) is 1. The van der Waals surface area contributed by atoms with Gasteiger partial charge in [0.2, 0.25) is 0 Å². The number of halogens is 2. The lowest BCUT2D eigenvalue weighted by molar-refractivity contribution is -0.385. The van der Waals surface area contributed by atoms with Crippen molar-refractivity contribution in [2.75, 3.05) is 5.73 Å². The average molecular weight is 296 g/mol. The van der Waals surface area contributed by atoms with E-state index < -0.39 is 4.92 Å². The highest BCUT2D eigenvalue weighted by atomic mass is 79.9. The predicted molar refractivity (Wildman–Crippen MR) is 52.9 cm³/mol. The first-order chi connectivity index (χ1) is 5.52. The predicted octanol–water partition coefficient (Wildman–Crippen LogP) is 2.70. The van der Waals surface area contributed by atoms with Gasteiger partial charge in [0.1, 0.15) is 4.47 Å². The summed E-state index contributed by atoms with van der Waals surface area (Å²) in [6.45, 7) is 0. The van der Waals surface area contributed by atoms with Crippen LogP contribution in [0.2, 0.25) is 0 Å². The first kappa shape index (κ1) is 9.47. The molecule has 0 aliphatic heterocycles. The van der Waals surface area contributed by atoms with Gasteiger partial charge in [-0.2, -0.15) is 0 Å². The van der Waals surface area contributed by atoms with Crippen molar-refractivity contribution in [3.05, 3.63) is 31.2 Å². The average Bonchev–Trinajstić information content (AvgIpc) is 1.96. The Balaban J connectivity index is 3.37. The quantitative estimate of drug-likeness (QED) is 0.492. The minimum Gasteiger partial charge on any atom is -0.398 e. The van der Waals surface area contributed by atoms with Crippen LogP contribution < -0.4 is 5.73 Å². The highest BCUT2D eigenvalue weighted by Gasteiger charge is 2.14. The monoisotopic (exact) mass is 294 g/mol. The van der Waals surface area contributed by atoms with E-state index >= 15 is 0 Å². The molecule has 0 aromatic heterocycles. The Morgan fingerprint density at radius 1 is 1.42 bits per heavy atom. The molecule has 64 valence electrons. The van der Waals surface area contributed by atoms with Gasteiger partial charge in [-0.3, -0.25) is 10.1 Å². The molecule has 0 spiro atoms. The molecule has 0 unspecified atom stereocenters. The molecule has 0 amide bonds. The van der Waals surface area contributed by atoms with Gasteiger partial charge >= 0.3 is 0 Å². The van der Waals surface area contributed by atoms with Gasteiger partial charge in [0.15, 0.2) is 0 Å². The van der Waals surface area contributed by atoms with Gasteiger partial charge in [-0.25, -0.2) is 0 Å². The molecule has 0 atom stereocenters. The summed E-state index contributed by atoms with van der Waals surface area (Å²) in [7, 11) is 0. The summed E-state index contributed by atoms with van der Waals surface area (Å²) in [6.07, 6.45) is 0. The van der Waals surface area contributed by atoms with Crippen molar-refractivity contribution in [3.63, 3.8) is 0 Å². The third kappa shape index (κ3) is 1.75. The van der Waals surface area contributed by atoms with E-state index in [4.69, 9.17) is 5.73 Å². The topological polar surface area (TPSA) is 69.2 Å². The Labute approximate surface area is 85.2 Å². The van der Waals surface area contributed by atoms with Crippen molar-refractivity contribution in [1.82, 2.24) is 0 Å². The van der Waals surface area contributed by atoms with E-state index in [2.05, 4.69) is 31.9 Å². The second-order valence-electron chi connectivity index (χ2n) is 2.09. The number of nitrogens with two attached hydrogens (primary N) is 1. The smallest absolute Gasteiger partial charge is 0.286 e. The van der Waals surface area contributed by atoms with E-state index in [0.29, 0.717) is 14.6 Å². The lowest BCUT2D eigenvalue weighted by Gasteiger charge is -1.99. The molecule has 12 heavy (non-hydrogen) atoms. The number of hydrogen-bond donors (Lipinski definition) is 1. The summed E-state index contributed by atoms with van der Waals surface area (Å²) in [5.74, 6) is 0. The summed E-state index contributed by atoms with van der Waals surface area (Å²) in [5.41, 5.74) is 5.73. The van der Waals surface area contributed by atoms with Gasteiger partial charge in [0.05, 0.1) is 4.92 Å². The summed E-state index contributed by atoms with van der Waals surface area (Å²) >= 11 is 6.20. The molecular weight excluding hydrogens is 292 g/mol. The lowest BCUT2D eigenvalue weighted by Crippen LogP contribution is -1.93. The third-order valence-corrected chi connectivity index (χ3v) is 3.22. The molecule has 0 bridgehead atoms. The molecule has 2 N–H and O–H groups in total. The molecule has 0 heterocycles. The first-order valence-electron chi connectivity index (χ1n) is 2.91. The Morgan fingerprint density at radius 2 is 2.00 bits per heavy atom. The van der Waals surface area contributed by atoms with Gasteiger partial charge in [0, 0.05) is 16.2 Å². The first-order valence-corrected chi connectivity index (χ1v) is 4.50. The van der Waals surface area contributed by atoms with Crippen molar-refractivity contribution >= 4 is 43.2 Å². The fourth-order valence-electron chi connectivity index (χ4n) is 0.728. The maximum absolute atomic E-state index is 10.4. The van der Waals surface area contributed by atoms with Gasteiger partial charge < -0.3 is 5.73 Å². The van der Waals surface area contributed by atoms with Gasteiger partial charge in [-0.15, -0.1) is 0 Å². The van der Waals surface area contributed by atoms with Gasteiger partial charge in [-0.05, 0) is 37.9 Å². The summed E-state index contributed by atoms with van der Waals surface area (Å²) in [6, 6.07) is 2.89. The minimum atomic E-state index is -0.495. The number of nitro benzene ring substituents is 1. The van der Waals surface area contributed by atoms with E-state index in [-0.39, 0.29) is 5.69 Å². The number of nitro groups is 1. The van der Waals surface area contributed by atoms with E-state index in [1.807, 2.05) is 0 Å². The molecule has 0 saturated carbocycles. The second kappa shape index (κ2) is 3.40. The van der Waals surface area contributed by atoms with Gasteiger partial charge in [0.25, 0.3) is 5.69 Å². The number of benzene rings is 1. The third-order valence-electron chi connectivity index (χ3n) is 1.23. The van der Waals surface area contributed by atoms with Crippen molar-refractivity contribution < 1.29 is 4.92 Å². The van der Waals surface area contributed by atoms with Crippen LogP contribution in [0.5, 0.6) is 0 Å². The minimum absolute atomic E-state index is 0.0399. The van der Waals surface area contributed by atoms with Crippen molar-refractivity contribution in [2.45, 2.75) is 0 Å². The Hall–Kier alpha value is -0.620. The zero-order valence-corrected chi connectivity index (χ0v) is 8.92. The molecule has 1 aromatic carbocycles. The number of nitrogen functional groups attached to an aromatic ring is 1. The number of rotatable bonds is 1. The van der Waals surface area contributed by atoms with E-state index in [1.165, 1.54) is 6.07 Å². The molecule has 0 aliphatic carbocycles. The number of hydrogen-bond acceptors (Lipinski definition) is 3. The largest absolute Gasteiger partial charge is 0.398 e. The van der Waals surface area contributed by atoms with E-state index in [0.717, 1.165) is 0 Å². The Morgan fingerprint density at radius 3 is 2.50 bits per heavy atom. The van der Waals surface area contributed by atoms with Crippen LogP contribution in [-0.4, -0.2) is 4.92 Å². The molecule has 0 saturated heterocycles. The molecule has 1 rings (SSSR count). The SMILES string of the molecule is Nc1cc(Br)c(Br)c([N+](=O)[O-])c1. The van der Waals surface area contributed by atoms with Gasteiger partial charge in [-0.1, -0.05) is 0 Å². The van der Waals surface area contributed by atoms with Crippen LogP contribution >= 0.6 is 31.9 Å². The fraction of sp³-hybridized carbons (Fsp3) is 0. The van der Waals surface area contributed by atoms with Crippen molar-refractivity contribution in [1.29, 1.82) is 0 Å². The standard InChI is InChI=1S/C6H4Br2N2O2/c7-4-1-3(9)2-5(6(4)8)10(11)12/h1-2H,9H2. The normalized spacial score (nSPS) is 9.83. The zero-order chi connectivity index (χ0) is 9.30. The molecule has 0 fully saturated rings. The molecule has 6 heteroatoms. The molecule has 1 aromatic rings. The summed E-state index contributed by atoms with van der Waals surface area (Å²) < 4.78 is 0.982. The Bertz CT molecular complexity index is 341. The maximum atomic E-state index is 10.4. The Kier molecular flexibility index (Phi) is 2.69. The van der Waals surface area contributed by atoms with Crippen molar-refractivity contribution in [3.8, 4) is 0 Å². The molecular formula is C6H4Br2N2O2. The molecule has 0 aliphatic rings. The van der Waals surface area contributed by atoms with E-state index in [9.17, 15) is 10.1 Å². The van der Waals surface area contributed by atoms with Crippen LogP contribution in [0.15, 0.2) is 21.1 Å². The van der Waals surface area contributed by atoms with Crippen LogP contribution in [0, 0.1) is 10.1 Å². The van der Waals surface area contributed by atoms with Crippen LogP contribution in [0.25, 0.3) is 0 Å². The van der Waals surface area contributed by atoms with Crippen LogP contribution in [-0.2, 0) is 0 Å². The second-order valence-corrected chi connectivity index (χ2v) is 3.74. The summed E-state index contributed by atoms with van der Waals surface area (Å²) in [5, 5.41) is 10.4. The highest BCUT2D eigenvalue weighted by Crippen LogP contribution is 2.34. The molecule has 0 radical (unpaired) electrons. The molecule has 4 nitrogen and oxygen atoms in total. The highest BCUT2D eigenvalue weighted by molar-refractivity contribution is 9.13.